The lowest BCUT2D eigenvalue weighted by Crippen LogP contribution is -1.87. The molecule has 0 amide bonds. The molecule has 2 aromatic rings. The van der Waals surface area contributed by atoms with Crippen LogP contribution in [0.3, 0.4) is 0 Å². The quantitative estimate of drug-likeness (QED) is 0.673. The van der Waals surface area contributed by atoms with Crippen molar-refractivity contribution in [3.8, 4) is 0 Å². The fraction of sp³-hybridized carbons (Fsp3) is 0.143. The lowest BCUT2D eigenvalue weighted by Gasteiger charge is -1.90. The zero-order chi connectivity index (χ0) is 7.84. The summed E-state index contributed by atoms with van der Waals surface area (Å²) in [5, 5.41) is 4.17. The van der Waals surface area contributed by atoms with E-state index in [1.165, 1.54) is 0 Å². The summed E-state index contributed by atoms with van der Waals surface area (Å²) < 4.78 is 2.92. The molecule has 0 aliphatic rings. The molecule has 3 nitrogen and oxygen atoms in total. The number of nitrogens with zero attached hydrogens (tertiary/aromatic N) is 3. The van der Waals surface area contributed by atoms with Crippen LogP contribution >= 0.6 is 22.6 Å². The number of rotatable bonds is 0. The maximum atomic E-state index is 4.26. The molecule has 0 aromatic carbocycles. The van der Waals surface area contributed by atoms with Crippen molar-refractivity contribution in [1.29, 1.82) is 0 Å². The van der Waals surface area contributed by atoms with Gasteiger partial charge in [-0.1, -0.05) is 0 Å². The molecular formula is C7H6IN3. The SMILES string of the molecule is Cc1nc2c(I)cccn2n1. The first-order valence-corrected chi connectivity index (χ1v) is 4.33. The van der Waals surface area contributed by atoms with Gasteiger partial charge in [0.25, 0.3) is 0 Å². The molecule has 0 aliphatic carbocycles. The lowest BCUT2D eigenvalue weighted by atomic mass is 10.5. The first-order valence-electron chi connectivity index (χ1n) is 3.25. The van der Waals surface area contributed by atoms with Gasteiger partial charge in [0.15, 0.2) is 5.65 Å². The van der Waals surface area contributed by atoms with E-state index < -0.39 is 0 Å². The van der Waals surface area contributed by atoms with E-state index in [9.17, 15) is 0 Å². The van der Waals surface area contributed by atoms with Crippen molar-refractivity contribution in [2.75, 3.05) is 0 Å². The molecule has 2 rings (SSSR count). The molecule has 0 saturated carbocycles. The Bertz CT molecular complexity index is 393. The Kier molecular flexibility index (Phi) is 1.56. The van der Waals surface area contributed by atoms with Crippen LogP contribution in [-0.4, -0.2) is 14.6 Å². The normalized spacial score (nSPS) is 10.7. The summed E-state index contributed by atoms with van der Waals surface area (Å²) in [6.07, 6.45) is 1.90. The number of aryl methyl sites for hydroxylation is 1. The molecule has 11 heavy (non-hydrogen) atoms. The minimum atomic E-state index is 0.814. The Balaban J connectivity index is 2.90. The second-order valence-electron chi connectivity index (χ2n) is 2.28. The Labute approximate surface area is 77.6 Å². The van der Waals surface area contributed by atoms with Crippen LogP contribution in [0.25, 0.3) is 5.65 Å². The van der Waals surface area contributed by atoms with Gasteiger partial charge in [-0.2, -0.15) is 5.10 Å². The highest BCUT2D eigenvalue weighted by Gasteiger charge is 2.00. The molecule has 0 N–H and O–H groups in total. The van der Waals surface area contributed by atoms with Gasteiger partial charge in [0.1, 0.15) is 5.82 Å². The summed E-state index contributed by atoms with van der Waals surface area (Å²) >= 11 is 2.25. The van der Waals surface area contributed by atoms with Crippen molar-refractivity contribution >= 4 is 28.2 Å². The van der Waals surface area contributed by atoms with Crippen molar-refractivity contribution in [2.24, 2.45) is 0 Å². The van der Waals surface area contributed by atoms with Gasteiger partial charge in [-0.05, 0) is 41.6 Å². The number of hydrogen-bond donors (Lipinski definition) is 0. The van der Waals surface area contributed by atoms with Crippen LogP contribution in [0, 0.1) is 10.5 Å². The monoisotopic (exact) mass is 259 g/mol. The third-order valence-electron chi connectivity index (χ3n) is 1.42. The van der Waals surface area contributed by atoms with Gasteiger partial charge < -0.3 is 0 Å². The second-order valence-corrected chi connectivity index (χ2v) is 3.45. The van der Waals surface area contributed by atoms with Gasteiger partial charge >= 0.3 is 0 Å². The molecule has 0 aliphatic heterocycles. The van der Waals surface area contributed by atoms with Crippen molar-refractivity contribution in [3.63, 3.8) is 0 Å². The minimum absolute atomic E-state index is 0.814. The number of halogens is 1. The first-order chi connectivity index (χ1) is 5.27. The molecule has 2 aromatic heterocycles. The van der Waals surface area contributed by atoms with Crippen LogP contribution < -0.4 is 0 Å². The number of aromatic nitrogens is 3. The Morgan fingerprint density at radius 1 is 1.55 bits per heavy atom. The summed E-state index contributed by atoms with van der Waals surface area (Å²) in [5.41, 5.74) is 0.936. The van der Waals surface area contributed by atoms with Gasteiger partial charge in [-0.3, -0.25) is 0 Å². The van der Waals surface area contributed by atoms with E-state index in [4.69, 9.17) is 0 Å². The van der Waals surface area contributed by atoms with E-state index >= 15 is 0 Å². The largest absolute Gasteiger partial charge is 0.220 e. The van der Waals surface area contributed by atoms with Crippen LogP contribution in [-0.2, 0) is 0 Å². The van der Waals surface area contributed by atoms with Crippen LogP contribution in [0.5, 0.6) is 0 Å². The molecule has 56 valence electrons. The summed E-state index contributed by atoms with van der Waals surface area (Å²) in [5.74, 6) is 0.814. The Hall–Kier alpha value is -0.650. The van der Waals surface area contributed by atoms with E-state index in [0.29, 0.717) is 0 Å². The summed E-state index contributed by atoms with van der Waals surface area (Å²) in [4.78, 5) is 4.26. The van der Waals surface area contributed by atoms with Gasteiger partial charge in [0.05, 0.1) is 3.57 Å². The predicted molar refractivity (Wildman–Crippen MR) is 50.4 cm³/mol. The molecule has 2 heterocycles. The molecule has 0 spiro atoms. The highest BCUT2D eigenvalue weighted by atomic mass is 127. The van der Waals surface area contributed by atoms with E-state index in [1.807, 2.05) is 25.3 Å². The smallest absolute Gasteiger partial charge is 0.168 e. The van der Waals surface area contributed by atoms with Crippen molar-refractivity contribution in [3.05, 3.63) is 27.7 Å². The molecule has 0 unspecified atom stereocenters. The number of fused-ring (bicyclic) bond motifs is 1. The van der Waals surface area contributed by atoms with Crippen molar-refractivity contribution in [1.82, 2.24) is 14.6 Å². The Morgan fingerprint density at radius 3 is 3.09 bits per heavy atom. The van der Waals surface area contributed by atoms with Gasteiger partial charge in [0, 0.05) is 6.20 Å². The fourth-order valence-electron chi connectivity index (χ4n) is 0.980. The average Bonchev–Trinajstić information content (AvgIpc) is 2.31. The predicted octanol–water partition coefficient (Wildman–Crippen LogP) is 1.64. The van der Waals surface area contributed by atoms with Gasteiger partial charge in [-0.25, -0.2) is 9.50 Å². The minimum Gasteiger partial charge on any atom is -0.220 e. The van der Waals surface area contributed by atoms with E-state index in [-0.39, 0.29) is 0 Å². The fourth-order valence-corrected chi connectivity index (χ4v) is 1.56. The second kappa shape index (κ2) is 2.44. The van der Waals surface area contributed by atoms with Crippen LogP contribution in [0.2, 0.25) is 0 Å². The third-order valence-corrected chi connectivity index (χ3v) is 2.26. The van der Waals surface area contributed by atoms with Crippen molar-refractivity contribution < 1.29 is 0 Å². The zero-order valence-corrected chi connectivity index (χ0v) is 8.11. The van der Waals surface area contributed by atoms with E-state index in [1.54, 1.807) is 4.52 Å². The topological polar surface area (TPSA) is 30.2 Å². The number of pyridine rings is 1. The molecule has 0 atom stereocenters. The highest BCUT2D eigenvalue weighted by Crippen LogP contribution is 2.10. The van der Waals surface area contributed by atoms with Crippen LogP contribution in [0.1, 0.15) is 5.82 Å². The van der Waals surface area contributed by atoms with Gasteiger partial charge in [-0.15, -0.1) is 0 Å². The maximum absolute atomic E-state index is 4.26. The summed E-state index contributed by atoms with van der Waals surface area (Å²) in [6, 6.07) is 3.98. The molecule has 0 saturated heterocycles. The lowest BCUT2D eigenvalue weighted by molar-refractivity contribution is 0.929. The van der Waals surface area contributed by atoms with Gasteiger partial charge in [0.2, 0.25) is 0 Å². The molecule has 0 radical (unpaired) electrons. The molecule has 0 fully saturated rings. The van der Waals surface area contributed by atoms with E-state index in [0.717, 1.165) is 15.0 Å². The standard InChI is InChI=1S/C7H6IN3/c1-5-9-7-6(8)3-2-4-11(7)10-5/h2-4H,1H3. The molecule has 0 bridgehead atoms. The molecular weight excluding hydrogens is 253 g/mol. The van der Waals surface area contributed by atoms with Crippen LogP contribution in [0.15, 0.2) is 18.3 Å². The third kappa shape index (κ3) is 1.11. The highest BCUT2D eigenvalue weighted by molar-refractivity contribution is 14.1. The van der Waals surface area contributed by atoms with Crippen LogP contribution in [0.4, 0.5) is 0 Å². The summed E-state index contributed by atoms with van der Waals surface area (Å²) in [7, 11) is 0. The summed E-state index contributed by atoms with van der Waals surface area (Å²) in [6.45, 7) is 1.89. The Morgan fingerprint density at radius 2 is 2.36 bits per heavy atom. The van der Waals surface area contributed by atoms with E-state index in [2.05, 4.69) is 32.7 Å². The van der Waals surface area contributed by atoms with Crippen molar-refractivity contribution in [2.45, 2.75) is 6.92 Å². The maximum Gasteiger partial charge on any atom is 0.168 e. The average molecular weight is 259 g/mol. The molecule has 4 heteroatoms. The zero-order valence-electron chi connectivity index (χ0n) is 5.95. The first kappa shape index (κ1) is 7.02. The number of hydrogen-bond acceptors (Lipinski definition) is 2.